The van der Waals surface area contributed by atoms with Crippen LogP contribution in [-0.4, -0.2) is 53.7 Å². The van der Waals surface area contributed by atoms with Gasteiger partial charge in [0, 0.05) is 0 Å². The molecule has 0 aliphatic rings. The normalized spacial score (nSPS) is 10.6. The lowest BCUT2D eigenvalue weighted by Crippen LogP contribution is -2.34. The van der Waals surface area contributed by atoms with E-state index in [1.165, 1.54) is 0 Å². The van der Waals surface area contributed by atoms with E-state index >= 15 is 0 Å². The summed E-state index contributed by atoms with van der Waals surface area (Å²) < 4.78 is 4.81. The van der Waals surface area contributed by atoms with Gasteiger partial charge in [0.15, 0.2) is 0 Å². The topological polar surface area (TPSA) is 87.3 Å². The lowest BCUT2D eigenvalue weighted by molar-refractivity contribution is -0.144. The Bertz CT molecular complexity index is 436. The number of likely N-dealkylation sites (N-methyl/N-ethyl adjacent to an activating group) is 1. The molecular weight excluding hydrogens is 248 g/mol. The molecular formula is C12H20N4O3. The Morgan fingerprint density at radius 2 is 2.05 bits per heavy atom. The number of ether oxygens (including phenoxy) is 1. The summed E-state index contributed by atoms with van der Waals surface area (Å²) >= 11 is 0. The first-order chi connectivity index (χ1) is 8.93. The zero-order valence-corrected chi connectivity index (χ0v) is 11.7. The number of H-pyrrole nitrogens is 1. The molecule has 106 valence electrons. The van der Waals surface area contributed by atoms with E-state index < -0.39 is 0 Å². The number of aromatic nitrogens is 2. The van der Waals surface area contributed by atoms with Gasteiger partial charge < -0.3 is 10.1 Å². The van der Waals surface area contributed by atoms with Crippen molar-refractivity contribution in [2.24, 2.45) is 0 Å². The van der Waals surface area contributed by atoms with Crippen molar-refractivity contribution in [1.29, 1.82) is 0 Å². The van der Waals surface area contributed by atoms with Crippen LogP contribution in [0, 0.1) is 13.8 Å². The van der Waals surface area contributed by atoms with E-state index in [1.54, 1.807) is 25.8 Å². The molecule has 0 atom stereocenters. The molecule has 7 nitrogen and oxygen atoms in total. The van der Waals surface area contributed by atoms with Crippen molar-refractivity contribution in [3.05, 3.63) is 11.4 Å². The molecule has 1 amide bonds. The van der Waals surface area contributed by atoms with E-state index in [9.17, 15) is 9.59 Å². The van der Waals surface area contributed by atoms with Gasteiger partial charge >= 0.3 is 5.97 Å². The van der Waals surface area contributed by atoms with Gasteiger partial charge in [-0.3, -0.25) is 19.6 Å². The highest BCUT2D eigenvalue weighted by molar-refractivity contribution is 5.93. The number of nitrogens with one attached hydrogen (secondary N) is 2. The highest BCUT2D eigenvalue weighted by atomic mass is 16.5. The first-order valence-corrected chi connectivity index (χ1v) is 6.09. The van der Waals surface area contributed by atoms with Crippen molar-refractivity contribution in [3.63, 3.8) is 0 Å². The molecule has 0 unspecified atom stereocenters. The number of carbonyl (C=O) groups excluding carboxylic acids is 2. The molecule has 1 aromatic heterocycles. The number of hydrogen-bond acceptors (Lipinski definition) is 5. The van der Waals surface area contributed by atoms with Crippen molar-refractivity contribution in [2.75, 3.05) is 32.1 Å². The summed E-state index contributed by atoms with van der Waals surface area (Å²) in [4.78, 5) is 24.7. The molecule has 0 aliphatic heterocycles. The number of aryl methyl sites for hydroxylation is 2. The van der Waals surface area contributed by atoms with E-state index in [4.69, 9.17) is 4.74 Å². The Morgan fingerprint density at radius 1 is 1.37 bits per heavy atom. The Kier molecular flexibility index (Phi) is 5.50. The van der Waals surface area contributed by atoms with Crippen molar-refractivity contribution < 1.29 is 14.3 Å². The molecule has 2 N–H and O–H groups in total. The summed E-state index contributed by atoms with van der Waals surface area (Å²) in [7, 11) is 1.69. The molecule has 0 fully saturated rings. The molecule has 0 aromatic carbocycles. The van der Waals surface area contributed by atoms with E-state index in [2.05, 4.69) is 15.5 Å². The van der Waals surface area contributed by atoms with E-state index in [0.29, 0.717) is 12.3 Å². The van der Waals surface area contributed by atoms with Crippen molar-refractivity contribution in [3.8, 4) is 0 Å². The predicted octanol–water partition coefficient (Wildman–Crippen LogP) is 0.460. The molecule has 1 aromatic rings. The molecule has 1 heterocycles. The van der Waals surface area contributed by atoms with Crippen LogP contribution in [0.1, 0.15) is 18.3 Å². The van der Waals surface area contributed by atoms with Crippen molar-refractivity contribution in [2.45, 2.75) is 20.8 Å². The van der Waals surface area contributed by atoms with Crippen LogP contribution in [-0.2, 0) is 14.3 Å². The SMILES string of the molecule is CCOC(=O)CN(C)CC(=O)Nc1c(C)n[nH]c1C. The van der Waals surface area contributed by atoms with Crippen LogP contribution in [0.25, 0.3) is 0 Å². The summed E-state index contributed by atoms with van der Waals surface area (Å²) in [5, 5.41) is 9.55. The molecule has 0 saturated carbocycles. The minimum absolute atomic E-state index is 0.0879. The highest BCUT2D eigenvalue weighted by Crippen LogP contribution is 2.15. The van der Waals surface area contributed by atoms with E-state index in [-0.39, 0.29) is 25.0 Å². The van der Waals surface area contributed by atoms with Crippen molar-refractivity contribution in [1.82, 2.24) is 15.1 Å². The van der Waals surface area contributed by atoms with Crippen LogP contribution in [0.4, 0.5) is 5.69 Å². The lowest BCUT2D eigenvalue weighted by atomic mass is 10.3. The van der Waals surface area contributed by atoms with Crippen LogP contribution < -0.4 is 5.32 Å². The zero-order valence-electron chi connectivity index (χ0n) is 11.7. The summed E-state index contributed by atoms with van der Waals surface area (Å²) in [5.74, 6) is -0.534. The fourth-order valence-corrected chi connectivity index (χ4v) is 1.64. The van der Waals surface area contributed by atoms with Crippen LogP contribution in [0.5, 0.6) is 0 Å². The first-order valence-electron chi connectivity index (χ1n) is 6.09. The maximum atomic E-state index is 11.8. The monoisotopic (exact) mass is 268 g/mol. The third kappa shape index (κ3) is 4.70. The minimum Gasteiger partial charge on any atom is -0.465 e. The van der Waals surface area contributed by atoms with Crippen LogP contribution >= 0.6 is 0 Å². The van der Waals surface area contributed by atoms with Crippen LogP contribution in [0.2, 0.25) is 0 Å². The second kappa shape index (κ2) is 6.89. The number of esters is 1. The molecule has 0 spiro atoms. The lowest BCUT2D eigenvalue weighted by Gasteiger charge is -2.15. The second-order valence-corrected chi connectivity index (χ2v) is 4.33. The molecule has 1 rings (SSSR count). The quantitative estimate of drug-likeness (QED) is 0.732. The Hall–Kier alpha value is -1.89. The van der Waals surface area contributed by atoms with Crippen LogP contribution in [0.3, 0.4) is 0 Å². The Balaban J connectivity index is 2.45. The Morgan fingerprint density at radius 3 is 2.58 bits per heavy atom. The van der Waals surface area contributed by atoms with E-state index in [0.717, 1.165) is 11.4 Å². The van der Waals surface area contributed by atoms with Gasteiger partial charge in [-0.15, -0.1) is 0 Å². The number of aromatic amines is 1. The van der Waals surface area contributed by atoms with Gasteiger partial charge in [-0.05, 0) is 27.8 Å². The first kappa shape index (κ1) is 15.2. The molecule has 0 aliphatic carbocycles. The molecule has 19 heavy (non-hydrogen) atoms. The number of anilines is 1. The standard InChI is InChI=1S/C12H20N4O3/c1-5-19-11(18)7-16(4)6-10(17)13-12-8(2)14-15-9(12)3/h5-7H2,1-4H3,(H,13,17)(H,14,15). The van der Waals surface area contributed by atoms with Gasteiger partial charge in [0.2, 0.25) is 5.91 Å². The molecule has 7 heteroatoms. The van der Waals surface area contributed by atoms with Gasteiger partial charge in [0.1, 0.15) is 0 Å². The fourth-order valence-electron chi connectivity index (χ4n) is 1.64. The summed E-state index contributed by atoms with van der Waals surface area (Å²) in [6.07, 6.45) is 0. The van der Waals surface area contributed by atoms with Crippen LogP contribution in [0.15, 0.2) is 0 Å². The maximum absolute atomic E-state index is 11.8. The zero-order chi connectivity index (χ0) is 14.4. The number of hydrogen-bond donors (Lipinski definition) is 2. The molecule has 0 radical (unpaired) electrons. The van der Waals surface area contributed by atoms with Gasteiger partial charge in [-0.25, -0.2) is 0 Å². The van der Waals surface area contributed by atoms with Gasteiger partial charge in [-0.2, -0.15) is 5.10 Å². The average Bonchev–Trinajstić information content (AvgIpc) is 2.60. The number of nitrogens with zero attached hydrogens (tertiary/aromatic N) is 2. The van der Waals surface area contributed by atoms with Crippen molar-refractivity contribution >= 4 is 17.6 Å². The Labute approximate surface area is 112 Å². The number of rotatable bonds is 6. The van der Waals surface area contributed by atoms with Gasteiger partial charge in [0.05, 0.1) is 36.8 Å². The maximum Gasteiger partial charge on any atom is 0.320 e. The minimum atomic E-state index is -0.339. The summed E-state index contributed by atoms with van der Waals surface area (Å²) in [5.41, 5.74) is 2.23. The fraction of sp³-hybridized carbons (Fsp3) is 0.583. The second-order valence-electron chi connectivity index (χ2n) is 4.33. The van der Waals surface area contributed by atoms with E-state index in [1.807, 2.05) is 6.92 Å². The average molecular weight is 268 g/mol. The summed E-state index contributed by atoms with van der Waals surface area (Å²) in [6.45, 7) is 5.92. The smallest absolute Gasteiger partial charge is 0.320 e. The third-order valence-corrected chi connectivity index (χ3v) is 2.51. The number of amides is 1. The molecule has 0 saturated heterocycles. The largest absolute Gasteiger partial charge is 0.465 e. The predicted molar refractivity (Wildman–Crippen MR) is 70.8 cm³/mol. The number of carbonyl (C=O) groups is 2. The van der Waals surface area contributed by atoms with Gasteiger partial charge in [-0.1, -0.05) is 0 Å². The highest BCUT2D eigenvalue weighted by Gasteiger charge is 2.14. The summed E-state index contributed by atoms with van der Waals surface area (Å²) in [6, 6.07) is 0. The third-order valence-electron chi connectivity index (χ3n) is 2.51. The van der Waals surface area contributed by atoms with Gasteiger partial charge in [0.25, 0.3) is 0 Å². The molecule has 0 bridgehead atoms.